The van der Waals surface area contributed by atoms with Crippen molar-refractivity contribution in [3.63, 3.8) is 0 Å². The second-order valence-corrected chi connectivity index (χ2v) is 12.8. The van der Waals surface area contributed by atoms with E-state index in [1.54, 1.807) is 21.7 Å². The van der Waals surface area contributed by atoms with Gasteiger partial charge < -0.3 is 4.57 Å². The summed E-state index contributed by atoms with van der Waals surface area (Å²) in [5.74, 6) is 0.724. The largest absolute Gasteiger partial charge is 0.316 e. The van der Waals surface area contributed by atoms with Crippen LogP contribution >= 0.6 is 11.3 Å². The van der Waals surface area contributed by atoms with E-state index in [1.807, 2.05) is 54.6 Å². The standard InChI is InChI=1S/C30H33N3O2S2/c1-23-18-24(2)21-32(20-23)37(34,35)28-15-9-12-26(19-28)29-22-36-30(31-27-13-7-4-8-14-27)33(29)17-16-25-10-5-3-6-11-25/h3-15,19,22-24H,16-18,20-21H2,1-2H3. The van der Waals surface area contributed by atoms with Gasteiger partial charge in [-0.05, 0) is 54.5 Å². The van der Waals surface area contributed by atoms with Crippen molar-refractivity contribution in [2.75, 3.05) is 13.1 Å². The number of thiazole rings is 1. The average molecular weight is 532 g/mol. The molecule has 0 amide bonds. The monoisotopic (exact) mass is 531 g/mol. The van der Waals surface area contributed by atoms with Crippen molar-refractivity contribution in [2.45, 2.75) is 38.1 Å². The molecular formula is C30H33N3O2S2. The molecule has 5 rings (SSSR count). The van der Waals surface area contributed by atoms with E-state index in [-0.39, 0.29) is 0 Å². The van der Waals surface area contributed by atoms with Crippen LogP contribution in [0.4, 0.5) is 5.69 Å². The summed E-state index contributed by atoms with van der Waals surface area (Å²) in [5.41, 5.74) is 4.02. The third kappa shape index (κ3) is 5.95. The van der Waals surface area contributed by atoms with Gasteiger partial charge in [-0.25, -0.2) is 13.4 Å². The van der Waals surface area contributed by atoms with Crippen LogP contribution in [0.1, 0.15) is 25.8 Å². The summed E-state index contributed by atoms with van der Waals surface area (Å²) >= 11 is 1.58. The number of benzene rings is 3. The van der Waals surface area contributed by atoms with E-state index in [2.05, 4.69) is 48.1 Å². The van der Waals surface area contributed by atoms with Crippen LogP contribution in [0.15, 0.2) is 100 Å². The second-order valence-electron chi connectivity index (χ2n) is 10.0. The number of nitrogens with zero attached hydrogens (tertiary/aromatic N) is 3. The number of aromatic nitrogens is 1. The van der Waals surface area contributed by atoms with E-state index in [4.69, 9.17) is 4.99 Å². The Morgan fingerprint density at radius 1 is 0.892 bits per heavy atom. The van der Waals surface area contributed by atoms with Crippen LogP contribution in [-0.2, 0) is 23.0 Å². The third-order valence-corrected chi connectivity index (χ3v) is 9.54. The summed E-state index contributed by atoms with van der Waals surface area (Å²) in [6.45, 7) is 6.16. The number of aryl methyl sites for hydroxylation is 1. The fourth-order valence-corrected chi connectivity index (χ4v) is 7.81. The molecule has 37 heavy (non-hydrogen) atoms. The van der Waals surface area contributed by atoms with Gasteiger partial charge in [-0.3, -0.25) is 0 Å². The molecule has 2 atom stereocenters. The maximum Gasteiger partial charge on any atom is 0.243 e. The third-order valence-electron chi connectivity index (χ3n) is 6.85. The molecule has 3 aromatic carbocycles. The lowest BCUT2D eigenvalue weighted by molar-refractivity contribution is 0.222. The predicted molar refractivity (Wildman–Crippen MR) is 151 cm³/mol. The number of hydrogen-bond donors (Lipinski definition) is 0. The van der Waals surface area contributed by atoms with Crippen LogP contribution in [-0.4, -0.2) is 30.4 Å². The molecule has 0 N–H and O–H groups in total. The summed E-state index contributed by atoms with van der Waals surface area (Å²) < 4.78 is 31.1. The molecule has 7 heteroatoms. The number of para-hydroxylation sites is 1. The maximum atomic E-state index is 13.6. The van der Waals surface area contributed by atoms with Crippen LogP contribution in [0.25, 0.3) is 11.3 Å². The lowest BCUT2D eigenvalue weighted by Gasteiger charge is -2.34. The van der Waals surface area contributed by atoms with Crippen LogP contribution < -0.4 is 4.80 Å². The lowest BCUT2D eigenvalue weighted by Crippen LogP contribution is -2.42. The minimum absolute atomic E-state index is 0.355. The molecule has 1 aliphatic rings. The Kier molecular flexibility index (Phi) is 7.74. The van der Waals surface area contributed by atoms with Crippen molar-refractivity contribution in [1.82, 2.24) is 8.87 Å². The van der Waals surface area contributed by atoms with Crippen LogP contribution in [0, 0.1) is 11.8 Å². The van der Waals surface area contributed by atoms with Gasteiger partial charge >= 0.3 is 0 Å². The Bertz CT molecular complexity index is 1500. The van der Waals surface area contributed by atoms with Crippen molar-refractivity contribution in [2.24, 2.45) is 16.8 Å². The smallest absolute Gasteiger partial charge is 0.243 e. The van der Waals surface area contributed by atoms with Crippen molar-refractivity contribution >= 4 is 27.0 Å². The van der Waals surface area contributed by atoms with Gasteiger partial charge in [0.25, 0.3) is 0 Å². The summed E-state index contributed by atoms with van der Waals surface area (Å²) in [7, 11) is -3.56. The van der Waals surface area contributed by atoms with E-state index in [1.165, 1.54) is 5.56 Å². The minimum atomic E-state index is -3.56. The summed E-state index contributed by atoms with van der Waals surface area (Å²) in [6.07, 6.45) is 1.92. The topological polar surface area (TPSA) is 54.7 Å². The molecule has 0 spiro atoms. The van der Waals surface area contributed by atoms with Crippen molar-refractivity contribution in [3.8, 4) is 11.3 Å². The summed E-state index contributed by atoms with van der Waals surface area (Å²) in [4.78, 5) is 6.16. The van der Waals surface area contributed by atoms with Gasteiger partial charge in [0.05, 0.1) is 16.3 Å². The molecule has 1 fully saturated rings. The highest BCUT2D eigenvalue weighted by molar-refractivity contribution is 7.89. The van der Waals surface area contributed by atoms with Crippen LogP contribution in [0.5, 0.6) is 0 Å². The first-order valence-corrected chi connectivity index (χ1v) is 15.1. The molecule has 192 valence electrons. The highest BCUT2D eigenvalue weighted by atomic mass is 32.2. The Morgan fingerprint density at radius 3 is 2.27 bits per heavy atom. The fraction of sp³-hybridized carbons (Fsp3) is 0.300. The van der Waals surface area contributed by atoms with Gasteiger partial charge in [0, 0.05) is 30.6 Å². The van der Waals surface area contributed by atoms with Gasteiger partial charge in [-0.2, -0.15) is 4.31 Å². The normalized spacial score (nSPS) is 19.2. The zero-order chi connectivity index (χ0) is 25.8. The molecular weight excluding hydrogens is 498 g/mol. The lowest BCUT2D eigenvalue weighted by atomic mass is 9.94. The Balaban J connectivity index is 1.53. The van der Waals surface area contributed by atoms with Gasteiger partial charge in [-0.1, -0.05) is 74.5 Å². The molecule has 0 saturated carbocycles. The molecule has 5 nitrogen and oxygen atoms in total. The fourth-order valence-electron chi connectivity index (χ4n) is 5.13. The Morgan fingerprint density at radius 2 is 1.57 bits per heavy atom. The molecule has 1 aromatic heterocycles. The van der Waals surface area contributed by atoms with E-state index in [9.17, 15) is 8.42 Å². The van der Waals surface area contributed by atoms with E-state index in [0.29, 0.717) is 29.8 Å². The Hall–Kier alpha value is -3.00. The van der Waals surface area contributed by atoms with E-state index in [0.717, 1.165) is 41.1 Å². The van der Waals surface area contributed by atoms with Crippen LogP contribution in [0.2, 0.25) is 0 Å². The predicted octanol–water partition coefficient (Wildman–Crippen LogP) is 6.36. The molecule has 4 aromatic rings. The minimum Gasteiger partial charge on any atom is -0.316 e. The Labute approximate surface area is 223 Å². The molecule has 2 unspecified atom stereocenters. The molecule has 2 heterocycles. The first kappa shape index (κ1) is 25.6. The van der Waals surface area contributed by atoms with Crippen molar-refractivity contribution < 1.29 is 8.42 Å². The number of hydrogen-bond acceptors (Lipinski definition) is 4. The van der Waals surface area contributed by atoms with Gasteiger partial charge in [-0.15, -0.1) is 11.3 Å². The highest BCUT2D eigenvalue weighted by Gasteiger charge is 2.31. The summed E-state index contributed by atoms with van der Waals surface area (Å²) in [6, 6.07) is 27.7. The van der Waals surface area contributed by atoms with E-state index >= 15 is 0 Å². The SMILES string of the molecule is CC1CC(C)CN(S(=O)(=O)c2cccc(-c3csc(=Nc4ccccc4)n3CCc3ccccc3)c2)C1. The molecule has 0 radical (unpaired) electrons. The average Bonchev–Trinajstić information content (AvgIpc) is 3.30. The number of piperidine rings is 1. The molecule has 1 saturated heterocycles. The second kappa shape index (κ2) is 11.2. The van der Waals surface area contributed by atoms with Crippen LogP contribution in [0.3, 0.4) is 0 Å². The first-order chi connectivity index (χ1) is 17.9. The first-order valence-electron chi connectivity index (χ1n) is 12.8. The molecule has 0 bridgehead atoms. The molecule has 1 aliphatic heterocycles. The van der Waals surface area contributed by atoms with Crippen molar-refractivity contribution in [1.29, 1.82) is 0 Å². The van der Waals surface area contributed by atoms with Gasteiger partial charge in [0.2, 0.25) is 10.0 Å². The number of sulfonamides is 1. The number of rotatable bonds is 7. The summed E-state index contributed by atoms with van der Waals surface area (Å²) in [5, 5.41) is 2.09. The van der Waals surface area contributed by atoms with Gasteiger partial charge in [0.15, 0.2) is 4.80 Å². The van der Waals surface area contributed by atoms with Gasteiger partial charge in [0.1, 0.15) is 0 Å². The van der Waals surface area contributed by atoms with E-state index < -0.39 is 10.0 Å². The maximum absolute atomic E-state index is 13.6. The molecule has 0 aliphatic carbocycles. The zero-order valence-corrected chi connectivity index (χ0v) is 23.0. The van der Waals surface area contributed by atoms with Crippen molar-refractivity contribution in [3.05, 3.63) is 101 Å². The zero-order valence-electron chi connectivity index (χ0n) is 21.3. The quantitative estimate of drug-likeness (QED) is 0.279. The highest BCUT2D eigenvalue weighted by Crippen LogP contribution is 2.29.